The Morgan fingerprint density at radius 3 is 2.39 bits per heavy atom. The highest BCUT2D eigenvalue weighted by Gasteiger charge is 2.35. The van der Waals surface area contributed by atoms with Crippen molar-refractivity contribution in [2.75, 3.05) is 7.05 Å². The zero-order valence-electron chi connectivity index (χ0n) is 15.3. The van der Waals surface area contributed by atoms with E-state index in [4.69, 9.17) is 5.73 Å². The lowest BCUT2D eigenvalue weighted by Gasteiger charge is -2.31. The molecule has 0 saturated heterocycles. The van der Waals surface area contributed by atoms with Crippen molar-refractivity contribution in [2.24, 2.45) is 22.1 Å². The third-order valence-electron chi connectivity index (χ3n) is 4.92. The van der Waals surface area contributed by atoms with Crippen LogP contribution in [0.4, 0.5) is 0 Å². The smallest absolute Gasteiger partial charge is 0.159 e. The molecule has 2 rings (SSSR count). The molecule has 0 aliphatic heterocycles. The summed E-state index contributed by atoms with van der Waals surface area (Å²) in [6, 6.07) is 0. The van der Waals surface area contributed by atoms with Crippen LogP contribution in [0.2, 0.25) is 0 Å². The summed E-state index contributed by atoms with van der Waals surface area (Å²) in [4.78, 5) is 16.8. The van der Waals surface area contributed by atoms with E-state index in [2.05, 4.69) is 32.3 Å². The van der Waals surface area contributed by atoms with Crippen molar-refractivity contribution >= 4 is 11.6 Å². The molecule has 2 N–H and O–H groups in total. The molecule has 3 nitrogen and oxygen atoms in total. The van der Waals surface area contributed by atoms with Gasteiger partial charge in [0.2, 0.25) is 0 Å². The van der Waals surface area contributed by atoms with Crippen molar-refractivity contribution in [1.29, 1.82) is 0 Å². The molecule has 23 heavy (non-hydrogen) atoms. The molecule has 2 aliphatic rings. The molecule has 0 amide bonds. The molecule has 3 heteroatoms. The standard InChI is InChI=1S/C20H30N2O/c1-12(2)18(19(21)22-6)16(14-7-8-14)9-15-13(3)10-20(4,5)11-17(15)23/h14H,1,7-11H2,2-6H3,(H2,21,22)/b18-16-. The number of rotatable bonds is 5. The number of amidine groups is 1. The minimum Gasteiger partial charge on any atom is -0.384 e. The second kappa shape index (κ2) is 6.46. The highest BCUT2D eigenvalue weighted by molar-refractivity contribution is 6.02. The highest BCUT2D eigenvalue weighted by atomic mass is 16.1. The number of carbonyl (C=O) groups is 1. The van der Waals surface area contributed by atoms with Crippen molar-refractivity contribution in [3.05, 3.63) is 34.4 Å². The van der Waals surface area contributed by atoms with Gasteiger partial charge in [-0.25, -0.2) is 0 Å². The Kier molecular flexibility index (Phi) is 4.98. The van der Waals surface area contributed by atoms with Crippen molar-refractivity contribution in [2.45, 2.75) is 59.8 Å². The van der Waals surface area contributed by atoms with Gasteiger partial charge in [0.05, 0.1) is 0 Å². The highest BCUT2D eigenvalue weighted by Crippen LogP contribution is 2.45. The zero-order chi connectivity index (χ0) is 17.4. The van der Waals surface area contributed by atoms with E-state index in [1.165, 1.54) is 24.0 Å². The van der Waals surface area contributed by atoms with Gasteiger partial charge in [-0.05, 0) is 62.0 Å². The van der Waals surface area contributed by atoms with Gasteiger partial charge in [-0.3, -0.25) is 9.79 Å². The molecule has 0 radical (unpaired) electrons. The van der Waals surface area contributed by atoms with Crippen LogP contribution in [0.5, 0.6) is 0 Å². The van der Waals surface area contributed by atoms with Gasteiger partial charge in [0.25, 0.3) is 0 Å². The van der Waals surface area contributed by atoms with E-state index in [9.17, 15) is 4.79 Å². The molecule has 126 valence electrons. The summed E-state index contributed by atoms with van der Waals surface area (Å²) >= 11 is 0. The van der Waals surface area contributed by atoms with Gasteiger partial charge < -0.3 is 5.73 Å². The summed E-state index contributed by atoms with van der Waals surface area (Å²) in [6.07, 6.45) is 4.69. The van der Waals surface area contributed by atoms with Gasteiger partial charge >= 0.3 is 0 Å². The first-order valence-electron chi connectivity index (χ1n) is 8.49. The van der Waals surface area contributed by atoms with Gasteiger partial charge in [0, 0.05) is 19.0 Å². The Balaban J connectivity index is 2.45. The largest absolute Gasteiger partial charge is 0.384 e. The summed E-state index contributed by atoms with van der Waals surface area (Å²) in [7, 11) is 1.71. The van der Waals surface area contributed by atoms with Crippen LogP contribution >= 0.6 is 0 Å². The minimum atomic E-state index is 0.0786. The molecule has 0 bridgehead atoms. The maximum Gasteiger partial charge on any atom is 0.159 e. The lowest BCUT2D eigenvalue weighted by molar-refractivity contribution is -0.118. The molecule has 0 aromatic carbocycles. The third-order valence-corrected chi connectivity index (χ3v) is 4.92. The average Bonchev–Trinajstić information content (AvgIpc) is 3.23. The first-order chi connectivity index (χ1) is 10.7. The number of nitrogens with zero attached hydrogens (tertiary/aromatic N) is 1. The molecule has 0 spiro atoms. The fourth-order valence-electron chi connectivity index (χ4n) is 3.74. The van der Waals surface area contributed by atoms with Crippen LogP contribution in [-0.4, -0.2) is 18.7 Å². The first-order valence-corrected chi connectivity index (χ1v) is 8.49. The van der Waals surface area contributed by atoms with E-state index in [0.29, 0.717) is 30.4 Å². The number of aliphatic imine (C=N–C) groups is 1. The van der Waals surface area contributed by atoms with Crippen molar-refractivity contribution in [3.63, 3.8) is 0 Å². The molecule has 1 saturated carbocycles. The predicted octanol–water partition coefficient (Wildman–Crippen LogP) is 4.35. The summed E-state index contributed by atoms with van der Waals surface area (Å²) in [5.74, 6) is 1.37. The van der Waals surface area contributed by atoms with Gasteiger partial charge in [-0.15, -0.1) is 0 Å². The zero-order valence-corrected chi connectivity index (χ0v) is 15.3. The molecule has 1 fully saturated rings. The van der Waals surface area contributed by atoms with Crippen LogP contribution in [0.25, 0.3) is 0 Å². The van der Waals surface area contributed by atoms with Gasteiger partial charge in [-0.2, -0.15) is 0 Å². The van der Waals surface area contributed by atoms with Gasteiger partial charge in [-0.1, -0.05) is 31.6 Å². The second-order valence-corrected chi connectivity index (χ2v) is 7.94. The number of hydrogen-bond donors (Lipinski definition) is 1. The van der Waals surface area contributed by atoms with Gasteiger partial charge in [0.15, 0.2) is 5.78 Å². The van der Waals surface area contributed by atoms with Crippen LogP contribution < -0.4 is 5.73 Å². The maximum absolute atomic E-state index is 12.7. The minimum absolute atomic E-state index is 0.0786. The van der Waals surface area contributed by atoms with Crippen molar-refractivity contribution < 1.29 is 4.79 Å². The van der Waals surface area contributed by atoms with Crippen LogP contribution in [0.3, 0.4) is 0 Å². The normalized spacial score (nSPS) is 23.0. The predicted molar refractivity (Wildman–Crippen MR) is 97.4 cm³/mol. The van der Waals surface area contributed by atoms with Gasteiger partial charge in [0.1, 0.15) is 5.84 Å². The van der Waals surface area contributed by atoms with Crippen LogP contribution in [0, 0.1) is 11.3 Å². The molecular weight excluding hydrogens is 284 g/mol. The van der Waals surface area contributed by atoms with Crippen LogP contribution in [-0.2, 0) is 4.79 Å². The van der Waals surface area contributed by atoms with Crippen molar-refractivity contribution in [3.8, 4) is 0 Å². The second-order valence-electron chi connectivity index (χ2n) is 7.94. The van der Waals surface area contributed by atoms with E-state index < -0.39 is 0 Å². The molecule has 0 aromatic heterocycles. The lowest BCUT2D eigenvalue weighted by Crippen LogP contribution is -2.26. The molecule has 0 atom stereocenters. The monoisotopic (exact) mass is 314 g/mol. The summed E-state index contributed by atoms with van der Waals surface area (Å²) < 4.78 is 0. The lowest BCUT2D eigenvalue weighted by atomic mass is 9.72. The van der Waals surface area contributed by atoms with E-state index in [1.807, 2.05) is 6.92 Å². The average molecular weight is 314 g/mol. The summed E-state index contributed by atoms with van der Waals surface area (Å²) in [5.41, 5.74) is 11.6. The number of hydrogen-bond acceptors (Lipinski definition) is 2. The first kappa shape index (κ1) is 17.7. The van der Waals surface area contributed by atoms with E-state index in [0.717, 1.165) is 23.1 Å². The van der Waals surface area contributed by atoms with Crippen LogP contribution in [0.1, 0.15) is 59.8 Å². The quantitative estimate of drug-likeness (QED) is 0.466. The Labute approximate surface area is 140 Å². The summed E-state index contributed by atoms with van der Waals surface area (Å²) in [6.45, 7) is 12.5. The number of allylic oxidation sites excluding steroid dienone is 3. The fraction of sp³-hybridized carbons (Fsp3) is 0.600. The molecule has 2 aliphatic carbocycles. The fourth-order valence-corrected chi connectivity index (χ4v) is 3.74. The van der Waals surface area contributed by atoms with Crippen LogP contribution in [0.15, 0.2) is 39.4 Å². The Morgan fingerprint density at radius 2 is 1.96 bits per heavy atom. The number of ketones is 1. The SMILES string of the molecule is C=C(C)/C(C(N)=NC)=C(\CC1=C(C)CC(C)(C)CC1=O)C1CC1. The number of Topliss-reactive ketones (excluding diaryl/α,β-unsaturated/α-hetero) is 1. The number of nitrogens with two attached hydrogens (primary N) is 1. The molecule has 0 aromatic rings. The number of carbonyl (C=O) groups excluding carboxylic acids is 1. The maximum atomic E-state index is 12.7. The van der Waals surface area contributed by atoms with E-state index in [-0.39, 0.29) is 5.41 Å². The third kappa shape index (κ3) is 4.01. The topological polar surface area (TPSA) is 55.4 Å². The Bertz CT molecular complexity index is 628. The van der Waals surface area contributed by atoms with E-state index >= 15 is 0 Å². The molecule has 0 unspecified atom stereocenters. The Morgan fingerprint density at radius 1 is 1.35 bits per heavy atom. The summed E-state index contributed by atoms with van der Waals surface area (Å²) in [5, 5.41) is 0. The molecule has 0 heterocycles. The molecular formula is C20H30N2O. The Hall–Kier alpha value is -1.64. The van der Waals surface area contributed by atoms with Crippen molar-refractivity contribution in [1.82, 2.24) is 0 Å². The van der Waals surface area contributed by atoms with E-state index in [1.54, 1.807) is 7.05 Å².